The molecule has 15 atom stereocenters. The molecule has 0 aromatic heterocycles. The number of amides is 1. The first-order valence-electron chi connectivity index (χ1n) is 27.9. The number of ketones is 3. The SMILES string of the molecule is CO[C@H]1C[C@@H]2CC[C@@H](C)[C@@](O)(O2)C(=O)C(=O)N2CCCC[C@H]2C(=O)O[C@H]([C@H](C)C[C@@H]2CC[C@@H](OC(=O)CCCCCCC(=O)O)[C@H](OC)C2)CC(=O)[C@H](C)/C=C(\C)[C@@H](O)[C@@H](OC)C(=O)[C@H](C)C[C@H](C)/C=C/C=CC=C1C. The molecule has 3 fully saturated rings. The zero-order valence-electron chi connectivity index (χ0n) is 47.1. The number of hydrogen-bond acceptors (Lipinski definition) is 15. The zero-order chi connectivity index (χ0) is 56.3. The molecule has 0 aromatic rings. The van der Waals surface area contributed by atoms with Gasteiger partial charge in [-0.1, -0.05) is 83.9 Å². The van der Waals surface area contributed by atoms with E-state index in [0.29, 0.717) is 89.0 Å². The number of allylic oxidation sites excluding steroid dienone is 6. The predicted molar refractivity (Wildman–Crippen MR) is 284 cm³/mol. The van der Waals surface area contributed by atoms with Gasteiger partial charge in [-0.15, -0.1) is 0 Å². The van der Waals surface area contributed by atoms with Crippen molar-refractivity contribution in [3.05, 3.63) is 47.6 Å². The van der Waals surface area contributed by atoms with Crippen LogP contribution in [0, 0.1) is 35.5 Å². The summed E-state index contributed by atoms with van der Waals surface area (Å²) in [5.41, 5.74) is 1.23. The molecule has 1 aliphatic carbocycles. The van der Waals surface area contributed by atoms with Crippen LogP contribution in [0.4, 0.5) is 0 Å². The summed E-state index contributed by atoms with van der Waals surface area (Å²) in [6, 6.07) is -1.19. The Bertz CT molecular complexity index is 2080. The highest BCUT2D eigenvalue weighted by atomic mass is 16.6. The fraction of sp³-hybridized carbons (Fsp3) is 0.746. The van der Waals surface area contributed by atoms with E-state index in [9.17, 15) is 43.8 Å². The number of hydrogen-bond donors (Lipinski definition) is 3. The topological polar surface area (TPSA) is 239 Å². The second-order valence-corrected chi connectivity index (χ2v) is 22.4. The van der Waals surface area contributed by atoms with Crippen LogP contribution in [-0.4, -0.2) is 144 Å². The van der Waals surface area contributed by atoms with E-state index >= 15 is 0 Å². The summed E-state index contributed by atoms with van der Waals surface area (Å²) in [5.74, 6) is -9.60. The first kappa shape index (κ1) is 64.1. The van der Waals surface area contributed by atoms with E-state index in [-0.39, 0.29) is 61.6 Å². The molecule has 0 aromatic carbocycles. The number of nitrogens with zero attached hydrogens (tertiary/aromatic N) is 1. The maximum atomic E-state index is 14.6. The van der Waals surface area contributed by atoms with Gasteiger partial charge in [0.25, 0.3) is 11.7 Å². The summed E-state index contributed by atoms with van der Waals surface area (Å²) < 4.78 is 35.7. The summed E-state index contributed by atoms with van der Waals surface area (Å²) in [6.45, 7) is 12.6. The number of methoxy groups -OCH3 is 3. The molecule has 76 heavy (non-hydrogen) atoms. The Labute approximate surface area is 451 Å². The number of rotatable bonds is 14. The minimum absolute atomic E-state index is 0.00292. The number of carbonyl (C=O) groups excluding carboxylic acids is 6. The third-order valence-corrected chi connectivity index (χ3v) is 16.3. The highest BCUT2D eigenvalue weighted by Gasteiger charge is 2.53. The van der Waals surface area contributed by atoms with Crippen molar-refractivity contribution >= 4 is 41.2 Å². The first-order valence-corrected chi connectivity index (χ1v) is 27.9. The van der Waals surface area contributed by atoms with E-state index < -0.39 is 102 Å². The van der Waals surface area contributed by atoms with Gasteiger partial charge in [0.05, 0.1) is 18.3 Å². The number of aliphatic hydroxyl groups is 2. The predicted octanol–water partition coefficient (Wildman–Crippen LogP) is 8.16. The summed E-state index contributed by atoms with van der Waals surface area (Å²) >= 11 is 0. The number of ether oxygens (including phenoxy) is 6. The van der Waals surface area contributed by atoms with Crippen molar-refractivity contribution in [2.45, 2.75) is 219 Å². The molecule has 0 radical (unpaired) electrons. The Morgan fingerprint density at radius 1 is 0.816 bits per heavy atom. The van der Waals surface area contributed by atoms with Gasteiger partial charge in [-0.25, -0.2) is 4.79 Å². The van der Waals surface area contributed by atoms with Gasteiger partial charge < -0.3 is 48.6 Å². The number of esters is 2. The third kappa shape index (κ3) is 18.6. The summed E-state index contributed by atoms with van der Waals surface area (Å²) in [6.07, 6.45) is 13.4. The monoisotopic (exact) mass is 1070 g/mol. The lowest BCUT2D eigenvalue weighted by Gasteiger charge is -2.42. The van der Waals surface area contributed by atoms with Crippen LogP contribution in [-0.2, 0) is 62.0 Å². The van der Waals surface area contributed by atoms with Crippen LogP contribution in [0.5, 0.6) is 0 Å². The number of fused-ring (bicyclic) bond motifs is 3. The van der Waals surface area contributed by atoms with E-state index in [4.69, 9.17) is 33.5 Å². The first-order chi connectivity index (χ1) is 36.0. The molecule has 4 rings (SSSR count). The Kier molecular flexibility index (Phi) is 26.4. The Morgan fingerprint density at radius 3 is 2.20 bits per heavy atom. The molecule has 4 aliphatic rings. The number of aliphatic hydroxyl groups excluding tert-OH is 1. The number of Topliss-reactive ketones (excluding diaryl/α,β-unsaturated/α-hetero) is 3. The fourth-order valence-electron chi connectivity index (χ4n) is 11.4. The molecule has 0 spiro atoms. The van der Waals surface area contributed by atoms with Crippen LogP contribution in [0.3, 0.4) is 0 Å². The Balaban J connectivity index is 1.63. The number of carboxylic acids is 1. The van der Waals surface area contributed by atoms with Crippen molar-refractivity contribution in [1.82, 2.24) is 4.90 Å². The highest BCUT2D eigenvalue weighted by molar-refractivity contribution is 6.39. The van der Waals surface area contributed by atoms with Gasteiger partial charge in [-0.05, 0) is 120 Å². The van der Waals surface area contributed by atoms with E-state index in [0.717, 1.165) is 12.0 Å². The summed E-state index contributed by atoms with van der Waals surface area (Å²) in [4.78, 5) is 96.3. The Hall–Kier alpha value is -4.39. The van der Waals surface area contributed by atoms with Gasteiger partial charge in [-0.2, -0.15) is 0 Å². The molecule has 3 N–H and O–H groups in total. The largest absolute Gasteiger partial charge is 0.481 e. The fourth-order valence-corrected chi connectivity index (χ4v) is 11.4. The molecular formula is C59H91NO16. The standard InChI is InChI=1S/C59H91NO16/c1-36-20-14-13-15-21-37(2)48(71-8)34-44-27-25-42(7)59(70,76-44)56(67)57(68)60-29-19-18-22-45(60)58(69)75-49(35-46(61)38(3)31-41(6)54(66)55(73-10)53(65)40(5)30-36)39(4)32-43-26-28-47(50(33-43)72-9)74-52(64)24-17-12-11-16-23-51(62)63/h13-15,20-21,31,36,38-40,42-45,47-50,54-55,66,70H,11-12,16-19,22-30,32-35H2,1-10H3,(H,62,63)/b15-13?,20-14+,37-21?,41-31+/t36-,38-,39-,40-,42-,43+,44+,45+,47-,48+,49+,50-,54-,55+,59-/m1/s1. The summed E-state index contributed by atoms with van der Waals surface area (Å²) in [5, 5.41) is 32.4. The number of cyclic esters (lactones) is 1. The van der Waals surface area contributed by atoms with Crippen molar-refractivity contribution < 1.29 is 77.3 Å². The van der Waals surface area contributed by atoms with E-state index in [2.05, 4.69) is 0 Å². The van der Waals surface area contributed by atoms with Crippen molar-refractivity contribution in [3.63, 3.8) is 0 Å². The van der Waals surface area contributed by atoms with Crippen LogP contribution in [0.25, 0.3) is 0 Å². The minimum atomic E-state index is -2.46. The van der Waals surface area contributed by atoms with Gasteiger partial charge >= 0.3 is 17.9 Å². The number of carboxylic acid groups (broad SMARTS) is 1. The molecule has 17 nitrogen and oxygen atoms in total. The number of unbranched alkanes of at least 4 members (excludes halogenated alkanes) is 3. The van der Waals surface area contributed by atoms with Gasteiger partial charge in [-0.3, -0.25) is 28.8 Å². The van der Waals surface area contributed by atoms with Crippen LogP contribution >= 0.6 is 0 Å². The van der Waals surface area contributed by atoms with E-state index in [1.807, 2.05) is 51.2 Å². The minimum Gasteiger partial charge on any atom is -0.481 e. The van der Waals surface area contributed by atoms with E-state index in [1.54, 1.807) is 48.0 Å². The quantitative estimate of drug-likeness (QED) is 0.0644. The maximum absolute atomic E-state index is 14.6. The summed E-state index contributed by atoms with van der Waals surface area (Å²) in [7, 11) is 4.50. The van der Waals surface area contributed by atoms with Crippen molar-refractivity contribution in [2.24, 2.45) is 35.5 Å². The second kappa shape index (κ2) is 31.3. The van der Waals surface area contributed by atoms with Crippen molar-refractivity contribution in [3.8, 4) is 0 Å². The van der Waals surface area contributed by atoms with Crippen LogP contribution in [0.2, 0.25) is 0 Å². The molecule has 3 aliphatic heterocycles. The molecule has 428 valence electrons. The molecule has 1 saturated carbocycles. The normalized spacial score (nSPS) is 35.0. The lowest BCUT2D eigenvalue weighted by atomic mass is 9.78. The second-order valence-electron chi connectivity index (χ2n) is 22.4. The third-order valence-electron chi connectivity index (χ3n) is 16.3. The molecule has 3 heterocycles. The molecule has 0 unspecified atom stereocenters. The Morgan fingerprint density at radius 2 is 1.53 bits per heavy atom. The molecule has 2 saturated heterocycles. The van der Waals surface area contributed by atoms with Crippen LogP contribution < -0.4 is 0 Å². The molecule has 1 amide bonds. The maximum Gasteiger partial charge on any atom is 0.329 e. The number of aliphatic carboxylic acids is 1. The van der Waals surface area contributed by atoms with Crippen molar-refractivity contribution in [1.29, 1.82) is 0 Å². The van der Waals surface area contributed by atoms with Crippen molar-refractivity contribution in [2.75, 3.05) is 27.9 Å². The zero-order valence-corrected chi connectivity index (χ0v) is 47.1. The average Bonchev–Trinajstić information content (AvgIpc) is 3.39. The van der Waals surface area contributed by atoms with Gasteiger partial charge in [0.2, 0.25) is 5.79 Å². The molecular weight excluding hydrogens is 979 g/mol. The van der Waals surface area contributed by atoms with Crippen LogP contribution in [0.1, 0.15) is 164 Å². The highest BCUT2D eigenvalue weighted by Crippen LogP contribution is 2.38. The van der Waals surface area contributed by atoms with E-state index in [1.165, 1.54) is 12.0 Å². The lowest BCUT2D eigenvalue weighted by Crippen LogP contribution is -2.61. The lowest BCUT2D eigenvalue weighted by molar-refractivity contribution is -0.265. The number of carbonyl (C=O) groups is 7. The average molecular weight is 1070 g/mol. The number of piperidine rings is 1. The molecule has 2 bridgehead atoms. The van der Waals surface area contributed by atoms with Gasteiger partial charge in [0, 0.05) is 71.3 Å². The van der Waals surface area contributed by atoms with Gasteiger partial charge in [0.15, 0.2) is 5.78 Å². The van der Waals surface area contributed by atoms with Crippen LogP contribution in [0.15, 0.2) is 47.6 Å². The van der Waals surface area contributed by atoms with Gasteiger partial charge in [0.1, 0.15) is 36.2 Å². The molecule has 17 heteroatoms. The smallest absolute Gasteiger partial charge is 0.329 e.